The maximum Gasteiger partial charge on any atom is 0.139 e. The third kappa shape index (κ3) is 4.60. The van der Waals surface area contributed by atoms with Crippen LogP contribution in [0.15, 0.2) is 47.6 Å². The number of aromatic nitrogens is 1. The highest BCUT2D eigenvalue weighted by atomic mass is 16.5. The van der Waals surface area contributed by atoms with Gasteiger partial charge in [0, 0.05) is 49.3 Å². The SMILES string of the molecule is CC(C)(O)[C@@H](CC(=O)Cc1cc2c(cn1)C(N1CCOCC1)=NC2)c1ccccc1. The molecule has 0 amide bonds. The molecule has 1 fully saturated rings. The topological polar surface area (TPSA) is 75.0 Å². The Hall–Kier alpha value is -2.57. The first-order valence-corrected chi connectivity index (χ1v) is 10.6. The van der Waals surface area contributed by atoms with Gasteiger partial charge in [0.2, 0.25) is 0 Å². The number of ketones is 1. The van der Waals surface area contributed by atoms with Crippen LogP contribution in [0.3, 0.4) is 0 Å². The third-order valence-corrected chi connectivity index (χ3v) is 5.86. The van der Waals surface area contributed by atoms with E-state index in [2.05, 4.69) is 9.88 Å². The van der Waals surface area contributed by atoms with Crippen molar-refractivity contribution in [3.8, 4) is 0 Å². The summed E-state index contributed by atoms with van der Waals surface area (Å²) in [5, 5.41) is 10.6. The summed E-state index contributed by atoms with van der Waals surface area (Å²) >= 11 is 0. The first-order valence-electron chi connectivity index (χ1n) is 10.6. The van der Waals surface area contributed by atoms with Crippen molar-refractivity contribution in [3.05, 3.63) is 65.0 Å². The minimum atomic E-state index is -0.983. The maximum atomic E-state index is 12.9. The number of morpholine rings is 1. The number of hydrogen-bond acceptors (Lipinski definition) is 6. The van der Waals surface area contributed by atoms with Crippen molar-refractivity contribution in [1.82, 2.24) is 9.88 Å². The summed E-state index contributed by atoms with van der Waals surface area (Å²) < 4.78 is 5.43. The molecule has 30 heavy (non-hydrogen) atoms. The molecule has 0 aliphatic carbocycles. The van der Waals surface area contributed by atoms with Gasteiger partial charge in [0.1, 0.15) is 11.6 Å². The number of carbonyl (C=O) groups is 1. The second-order valence-electron chi connectivity index (χ2n) is 8.61. The van der Waals surface area contributed by atoms with E-state index in [9.17, 15) is 9.90 Å². The minimum Gasteiger partial charge on any atom is -0.390 e. The standard InChI is InChI=1S/C24H29N3O3/c1-24(2,29)22(17-6-4-3-5-7-17)14-20(28)13-19-12-18-15-26-23(21(18)16-25-19)27-8-10-30-11-9-27/h3-7,12,16,22,29H,8-11,13-15H2,1-2H3/t22-/m0/s1. The fourth-order valence-corrected chi connectivity index (χ4v) is 4.23. The molecule has 0 bridgehead atoms. The number of pyridine rings is 1. The summed E-state index contributed by atoms with van der Waals surface area (Å²) in [7, 11) is 0. The number of hydrogen-bond donors (Lipinski definition) is 1. The van der Waals surface area contributed by atoms with Crippen LogP contribution in [0.25, 0.3) is 0 Å². The Labute approximate surface area is 177 Å². The fourth-order valence-electron chi connectivity index (χ4n) is 4.23. The lowest BCUT2D eigenvalue weighted by atomic mass is 9.80. The van der Waals surface area contributed by atoms with Crippen LogP contribution in [0.2, 0.25) is 0 Å². The molecule has 2 aliphatic rings. The lowest BCUT2D eigenvalue weighted by molar-refractivity contribution is -0.120. The maximum absolute atomic E-state index is 12.9. The van der Waals surface area contributed by atoms with Crippen LogP contribution in [0.4, 0.5) is 0 Å². The Balaban J connectivity index is 1.44. The average molecular weight is 408 g/mol. The first kappa shape index (κ1) is 20.7. The van der Waals surface area contributed by atoms with Gasteiger partial charge in [-0.1, -0.05) is 30.3 Å². The van der Waals surface area contributed by atoms with E-state index in [4.69, 9.17) is 9.73 Å². The number of fused-ring (bicyclic) bond motifs is 1. The lowest BCUT2D eigenvalue weighted by Crippen LogP contribution is -2.40. The number of aliphatic hydroxyl groups is 1. The molecule has 3 heterocycles. The Bertz CT molecular complexity index is 928. The predicted molar refractivity (Wildman–Crippen MR) is 116 cm³/mol. The molecule has 0 saturated carbocycles. The zero-order valence-corrected chi connectivity index (χ0v) is 17.7. The molecule has 2 aliphatic heterocycles. The van der Waals surface area contributed by atoms with Gasteiger partial charge < -0.3 is 14.7 Å². The molecule has 6 nitrogen and oxygen atoms in total. The molecular formula is C24H29N3O3. The van der Waals surface area contributed by atoms with Gasteiger partial charge in [-0.15, -0.1) is 0 Å². The highest BCUT2D eigenvalue weighted by Crippen LogP contribution is 2.32. The van der Waals surface area contributed by atoms with E-state index in [0.29, 0.717) is 6.54 Å². The second kappa shape index (κ2) is 8.66. The van der Waals surface area contributed by atoms with E-state index in [1.165, 1.54) is 0 Å². The largest absolute Gasteiger partial charge is 0.390 e. The summed E-state index contributed by atoms with van der Waals surface area (Å²) in [6.45, 7) is 7.28. The molecule has 1 aromatic carbocycles. The van der Waals surface area contributed by atoms with Gasteiger partial charge in [-0.2, -0.15) is 0 Å². The van der Waals surface area contributed by atoms with Crippen LogP contribution in [0.1, 0.15) is 48.6 Å². The number of amidine groups is 1. The summed E-state index contributed by atoms with van der Waals surface area (Å²) in [5.74, 6) is 0.812. The normalized spacial score (nSPS) is 17.4. The van der Waals surface area contributed by atoms with Crippen molar-refractivity contribution in [2.45, 2.75) is 44.8 Å². The third-order valence-electron chi connectivity index (χ3n) is 5.86. The Kier molecular flexibility index (Phi) is 5.97. The number of ether oxygens (including phenoxy) is 1. The molecule has 4 rings (SSSR count). The van der Waals surface area contributed by atoms with Crippen molar-refractivity contribution >= 4 is 11.6 Å². The smallest absolute Gasteiger partial charge is 0.139 e. The highest BCUT2D eigenvalue weighted by molar-refractivity contribution is 6.01. The minimum absolute atomic E-state index is 0.0748. The van der Waals surface area contributed by atoms with E-state index >= 15 is 0 Å². The number of carbonyl (C=O) groups excluding carboxylic acids is 1. The van der Waals surface area contributed by atoms with E-state index < -0.39 is 5.60 Å². The van der Waals surface area contributed by atoms with E-state index in [1.54, 1.807) is 13.8 Å². The van der Waals surface area contributed by atoms with Crippen molar-refractivity contribution in [2.75, 3.05) is 26.3 Å². The summed E-state index contributed by atoms with van der Waals surface area (Å²) in [5.41, 5.74) is 2.94. The molecule has 1 saturated heterocycles. The second-order valence-corrected chi connectivity index (χ2v) is 8.61. The van der Waals surface area contributed by atoms with Crippen LogP contribution in [0.5, 0.6) is 0 Å². The Morgan fingerprint density at radius 2 is 1.97 bits per heavy atom. The quantitative estimate of drug-likeness (QED) is 0.797. The van der Waals surface area contributed by atoms with Crippen LogP contribution in [-0.4, -0.2) is 58.5 Å². The molecule has 1 aromatic heterocycles. The summed E-state index contributed by atoms with van der Waals surface area (Å²) in [6, 6.07) is 11.8. The Morgan fingerprint density at radius 3 is 2.67 bits per heavy atom. The molecule has 2 aromatic rings. The molecule has 1 N–H and O–H groups in total. The van der Waals surface area contributed by atoms with Gasteiger partial charge in [0.25, 0.3) is 0 Å². The molecule has 1 atom stereocenters. The molecule has 0 radical (unpaired) electrons. The molecule has 0 unspecified atom stereocenters. The monoisotopic (exact) mass is 407 g/mol. The number of nitrogens with zero attached hydrogens (tertiary/aromatic N) is 3. The number of rotatable bonds is 6. The zero-order chi connectivity index (χ0) is 21.1. The van der Waals surface area contributed by atoms with Gasteiger partial charge >= 0.3 is 0 Å². The van der Waals surface area contributed by atoms with Gasteiger partial charge in [0.15, 0.2) is 0 Å². The van der Waals surface area contributed by atoms with E-state index in [1.807, 2.05) is 42.6 Å². The van der Waals surface area contributed by atoms with Crippen molar-refractivity contribution in [1.29, 1.82) is 0 Å². The first-order chi connectivity index (χ1) is 14.4. The van der Waals surface area contributed by atoms with Crippen molar-refractivity contribution in [2.24, 2.45) is 4.99 Å². The zero-order valence-electron chi connectivity index (χ0n) is 17.7. The van der Waals surface area contributed by atoms with Crippen molar-refractivity contribution < 1.29 is 14.6 Å². The van der Waals surface area contributed by atoms with Gasteiger partial charge in [-0.25, -0.2) is 0 Å². The molecule has 158 valence electrons. The van der Waals surface area contributed by atoms with Crippen LogP contribution < -0.4 is 0 Å². The summed E-state index contributed by atoms with van der Waals surface area (Å²) in [4.78, 5) is 24.4. The van der Waals surface area contributed by atoms with Gasteiger partial charge in [-0.3, -0.25) is 14.8 Å². The average Bonchev–Trinajstić information content (AvgIpc) is 3.16. The van der Waals surface area contributed by atoms with Crippen molar-refractivity contribution in [3.63, 3.8) is 0 Å². The lowest BCUT2D eigenvalue weighted by Gasteiger charge is -2.29. The van der Waals surface area contributed by atoms with Crippen LogP contribution in [0, 0.1) is 0 Å². The Morgan fingerprint density at radius 1 is 1.23 bits per heavy atom. The molecule has 6 heteroatoms. The predicted octanol–water partition coefficient (Wildman–Crippen LogP) is 2.73. The van der Waals surface area contributed by atoms with Crippen LogP contribution >= 0.6 is 0 Å². The number of benzene rings is 1. The highest BCUT2D eigenvalue weighted by Gasteiger charge is 2.30. The number of aliphatic imine (C=N–C) groups is 1. The molecular weight excluding hydrogens is 378 g/mol. The summed E-state index contributed by atoms with van der Waals surface area (Å²) in [6.07, 6.45) is 2.39. The number of Topliss-reactive ketones (excluding diaryl/α,β-unsaturated/α-hetero) is 1. The fraction of sp³-hybridized carbons (Fsp3) is 0.458. The molecule has 0 spiro atoms. The van der Waals surface area contributed by atoms with E-state index in [-0.39, 0.29) is 24.5 Å². The van der Waals surface area contributed by atoms with E-state index in [0.717, 1.165) is 54.5 Å². The van der Waals surface area contributed by atoms with Crippen LogP contribution in [-0.2, 0) is 22.5 Å². The van der Waals surface area contributed by atoms with Gasteiger partial charge in [-0.05, 0) is 31.0 Å². The van der Waals surface area contributed by atoms with Gasteiger partial charge in [0.05, 0.1) is 25.4 Å².